The van der Waals surface area contributed by atoms with Gasteiger partial charge in [0.1, 0.15) is 16.6 Å². The Morgan fingerprint density at radius 2 is 2.00 bits per heavy atom. The summed E-state index contributed by atoms with van der Waals surface area (Å²) in [5, 5.41) is 22.5. The summed E-state index contributed by atoms with van der Waals surface area (Å²) in [6, 6.07) is 3.21. The molecule has 3 heterocycles. The average molecular weight is 523 g/mol. The number of carbonyl (C=O) groups is 1. The first-order valence-electron chi connectivity index (χ1n) is 9.58. The summed E-state index contributed by atoms with van der Waals surface area (Å²) in [6.07, 6.45) is -3.51. The van der Waals surface area contributed by atoms with Gasteiger partial charge in [-0.2, -0.15) is 45.8 Å². The van der Waals surface area contributed by atoms with E-state index in [1.165, 1.54) is 6.07 Å². The predicted octanol–water partition coefficient (Wildman–Crippen LogP) is 3.75. The smallest absolute Gasteiger partial charge is 0.428 e. The van der Waals surface area contributed by atoms with E-state index in [1.54, 1.807) is 0 Å². The third-order valence-electron chi connectivity index (χ3n) is 4.79. The van der Waals surface area contributed by atoms with Crippen molar-refractivity contribution in [2.24, 2.45) is 7.05 Å². The Morgan fingerprint density at radius 1 is 1.31 bits per heavy atom. The first-order chi connectivity index (χ1) is 16.3. The third kappa shape index (κ3) is 4.52. The number of ether oxygens (including phenoxy) is 1. The van der Waals surface area contributed by atoms with Crippen molar-refractivity contribution in [1.82, 2.24) is 30.1 Å². The van der Waals surface area contributed by atoms with Crippen LogP contribution in [0.4, 0.5) is 30.7 Å². The molecule has 9 nitrogen and oxygen atoms in total. The first kappa shape index (κ1) is 24.4. The molecule has 35 heavy (non-hydrogen) atoms. The monoisotopic (exact) mass is 523 g/mol. The van der Waals surface area contributed by atoms with E-state index in [0.717, 1.165) is 37.4 Å². The molecule has 0 spiro atoms. The SMILES string of the molecule is Cn1nc(C(F)(F)C(F)(F)F)c(OC(F)F)c1-n1cc(-c2cc(C(=O)NC3CC3)c(C#N)s2)nn1. The van der Waals surface area contributed by atoms with Crippen LogP contribution in [0, 0.1) is 11.3 Å². The summed E-state index contributed by atoms with van der Waals surface area (Å²) in [6.45, 7) is -3.76. The Morgan fingerprint density at radius 3 is 2.57 bits per heavy atom. The highest BCUT2D eigenvalue weighted by molar-refractivity contribution is 7.16. The van der Waals surface area contributed by atoms with Crippen molar-refractivity contribution in [2.75, 3.05) is 0 Å². The van der Waals surface area contributed by atoms with Crippen LogP contribution >= 0.6 is 11.3 Å². The largest absolute Gasteiger partial charge is 0.459 e. The number of halogens is 7. The van der Waals surface area contributed by atoms with Gasteiger partial charge in [-0.15, -0.1) is 16.4 Å². The van der Waals surface area contributed by atoms with E-state index in [9.17, 15) is 40.8 Å². The van der Waals surface area contributed by atoms with Gasteiger partial charge in [0.25, 0.3) is 5.91 Å². The maximum atomic E-state index is 14.0. The second-order valence-corrected chi connectivity index (χ2v) is 8.39. The summed E-state index contributed by atoms with van der Waals surface area (Å²) >= 11 is 0.849. The minimum Gasteiger partial charge on any atom is -0.428 e. The van der Waals surface area contributed by atoms with Gasteiger partial charge in [-0.25, -0.2) is 4.68 Å². The number of alkyl halides is 7. The second-order valence-electron chi connectivity index (χ2n) is 7.34. The zero-order valence-corrected chi connectivity index (χ0v) is 18.1. The highest BCUT2D eigenvalue weighted by Gasteiger charge is 2.62. The first-order valence-corrected chi connectivity index (χ1v) is 10.4. The molecule has 1 aliphatic rings. The molecule has 0 atom stereocenters. The van der Waals surface area contributed by atoms with Crippen molar-refractivity contribution >= 4 is 17.2 Å². The van der Waals surface area contributed by atoms with Crippen LogP contribution in [0.15, 0.2) is 12.3 Å². The van der Waals surface area contributed by atoms with E-state index >= 15 is 0 Å². The fraction of sp³-hybridized carbons (Fsp3) is 0.389. The highest BCUT2D eigenvalue weighted by atomic mass is 32.1. The average Bonchev–Trinajstić information content (AvgIpc) is 3.15. The summed E-state index contributed by atoms with van der Waals surface area (Å²) in [5.41, 5.74) is -2.05. The normalized spacial score (nSPS) is 14.3. The van der Waals surface area contributed by atoms with Crippen molar-refractivity contribution in [2.45, 2.75) is 37.6 Å². The van der Waals surface area contributed by atoms with Gasteiger partial charge in [0.2, 0.25) is 0 Å². The number of hydrogen-bond acceptors (Lipinski definition) is 7. The van der Waals surface area contributed by atoms with Crippen molar-refractivity contribution in [3.63, 3.8) is 0 Å². The van der Waals surface area contributed by atoms with E-state index < -0.39 is 41.9 Å². The van der Waals surface area contributed by atoms with Crippen molar-refractivity contribution < 1.29 is 40.3 Å². The number of carbonyl (C=O) groups excluding carboxylic acids is 1. The quantitative estimate of drug-likeness (QED) is 0.473. The number of aromatic nitrogens is 5. The standard InChI is InChI=1S/C18H12F7N7O2S/c1-31-15(12(34-16(19)20)13(29-31)17(21,22)18(23,24)25)32-6-9(28-30-32)10-4-8(11(5-26)35-10)14(33)27-7-2-3-7/h4,6-7,16H,2-3H2,1H3,(H,27,33). The fourth-order valence-corrected chi connectivity index (χ4v) is 3.93. The third-order valence-corrected chi connectivity index (χ3v) is 5.85. The van der Waals surface area contributed by atoms with Gasteiger partial charge in [0, 0.05) is 13.1 Å². The zero-order valence-electron chi connectivity index (χ0n) is 17.3. The minimum atomic E-state index is -6.14. The predicted molar refractivity (Wildman–Crippen MR) is 103 cm³/mol. The molecule has 0 unspecified atom stereocenters. The molecule has 3 aromatic heterocycles. The maximum Gasteiger partial charge on any atom is 0.459 e. The van der Waals surface area contributed by atoms with E-state index in [2.05, 4.69) is 25.5 Å². The van der Waals surface area contributed by atoms with Gasteiger partial charge in [0.05, 0.1) is 16.6 Å². The van der Waals surface area contributed by atoms with Gasteiger partial charge in [-0.1, -0.05) is 5.21 Å². The molecule has 1 amide bonds. The van der Waals surface area contributed by atoms with Gasteiger partial charge in [0.15, 0.2) is 17.3 Å². The van der Waals surface area contributed by atoms with Crippen molar-refractivity contribution in [3.05, 3.63) is 28.4 Å². The Bertz CT molecular complexity index is 1320. The number of nitriles is 1. The van der Waals surface area contributed by atoms with Crippen LogP contribution in [0.2, 0.25) is 0 Å². The molecule has 0 saturated heterocycles. The minimum absolute atomic E-state index is 0.0142. The summed E-state index contributed by atoms with van der Waals surface area (Å²) in [5.74, 6) is -8.44. The molecule has 1 aliphatic carbocycles. The lowest BCUT2D eigenvalue weighted by molar-refractivity contribution is -0.291. The number of aryl methyl sites for hydroxylation is 1. The van der Waals surface area contributed by atoms with Gasteiger partial charge in [-0.3, -0.25) is 4.79 Å². The molecule has 3 aromatic rings. The number of nitrogens with one attached hydrogen (secondary N) is 1. The van der Waals surface area contributed by atoms with Crippen LogP contribution in [0.3, 0.4) is 0 Å². The number of nitrogens with zero attached hydrogens (tertiary/aromatic N) is 6. The number of thiophene rings is 1. The molecule has 0 aromatic carbocycles. The lowest BCUT2D eigenvalue weighted by atomic mass is 10.2. The Balaban J connectivity index is 1.75. The summed E-state index contributed by atoms with van der Waals surface area (Å²) < 4.78 is 97.5. The molecular formula is C18H12F7N7O2S. The Hall–Kier alpha value is -3.68. The van der Waals surface area contributed by atoms with Crippen LogP contribution in [0.25, 0.3) is 16.4 Å². The van der Waals surface area contributed by atoms with Crippen molar-refractivity contribution in [1.29, 1.82) is 5.26 Å². The van der Waals surface area contributed by atoms with Crippen LogP contribution < -0.4 is 10.1 Å². The lowest BCUT2D eigenvalue weighted by Crippen LogP contribution is -2.34. The number of hydrogen-bond donors (Lipinski definition) is 1. The Labute approximate surface area is 194 Å². The fourth-order valence-electron chi connectivity index (χ4n) is 3.03. The molecule has 186 valence electrons. The van der Waals surface area contributed by atoms with Gasteiger partial charge < -0.3 is 10.1 Å². The van der Waals surface area contributed by atoms with E-state index in [-0.39, 0.29) is 27.1 Å². The second kappa shape index (κ2) is 8.52. The zero-order chi connectivity index (χ0) is 25.7. The van der Waals surface area contributed by atoms with E-state index in [1.807, 2.05) is 6.07 Å². The molecule has 1 saturated carbocycles. The maximum absolute atomic E-state index is 14.0. The molecule has 0 bridgehead atoms. The summed E-state index contributed by atoms with van der Waals surface area (Å²) in [4.78, 5) is 12.6. The topological polar surface area (TPSA) is 111 Å². The van der Waals surface area contributed by atoms with Crippen LogP contribution in [0.1, 0.15) is 33.8 Å². The van der Waals surface area contributed by atoms with E-state index in [4.69, 9.17) is 0 Å². The van der Waals surface area contributed by atoms with Gasteiger partial charge >= 0.3 is 18.7 Å². The molecule has 4 rings (SSSR count). The highest BCUT2D eigenvalue weighted by Crippen LogP contribution is 2.48. The van der Waals surface area contributed by atoms with E-state index in [0.29, 0.717) is 9.36 Å². The van der Waals surface area contributed by atoms with Crippen LogP contribution in [-0.2, 0) is 13.0 Å². The van der Waals surface area contributed by atoms with Crippen LogP contribution in [-0.4, -0.2) is 49.5 Å². The summed E-state index contributed by atoms with van der Waals surface area (Å²) in [7, 11) is 0.921. The number of rotatable bonds is 7. The Kier molecular flexibility index (Phi) is 5.95. The molecule has 0 aliphatic heterocycles. The van der Waals surface area contributed by atoms with Crippen LogP contribution in [0.5, 0.6) is 5.75 Å². The molecule has 1 fully saturated rings. The molecular weight excluding hydrogens is 511 g/mol. The number of amides is 1. The van der Waals surface area contributed by atoms with Crippen molar-refractivity contribution in [3.8, 4) is 28.2 Å². The molecule has 1 N–H and O–H groups in total. The lowest BCUT2D eigenvalue weighted by Gasteiger charge is -2.18. The molecule has 17 heteroatoms. The molecule has 0 radical (unpaired) electrons. The van der Waals surface area contributed by atoms with Gasteiger partial charge in [-0.05, 0) is 18.9 Å².